The molecule has 0 atom stereocenters. The highest BCUT2D eigenvalue weighted by Gasteiger charge is 2.18. The summed E-state index contributed by atoms with van der Waals surface area (Å²) in [7, 11) is 1.27. The van der Waals surface area contributed by atoms with Gasteiger partial charge in [-0.05, 0) is 12.8 Å². The van der Waals surface area contributed by atoms with E-state index in [9.17, 15) is 9.59 Å². The minimum atomic E-state index is -0.558. The maximum Gasteiger partial charge on any atom is 0.360 e. The number of hydrogen-bond acceptors (Lipinski definition) is 5. The third kappa shape index (κ3) is 3.06. The van der Waals surface area contributed by atoms with Gasteiger partial charge in [-0.1, -0.05) is 18.1 Å². The van der Waals surface area contributed by atoms with Crippen LogP contribution in [0.3, 0.4) is 0 Å². The second-order valence-corrected chi connectivity index (χ2v) is 4.34. The van der Waals surface area contributed by atoms with E-state index in [1.807, 2.05) is 0 Å². The van der Waals surface area contributed by atoms with Crippen LogP contribution in [0.25, 0.3) is 0 Å². The van der Waals surface area contributed by atoms with Crippen LogP contribution in [-0.4, -0.2) is 40.0 Å². The van der Waals surface area contributed by atoms with Crippen LogP contribution in [0.4, 0.5) is 0 Å². The Kier molecular flexibility index (Phi) is 3.91. The molecule has 0 aliphatic heterocycles. The monoisotopic (exact) mass is 252 g/mol. The molecule has 1 aromatic heterocycles. The van der Waals surface area contributed by atoms with Crippen molar-refractivity contribution in [2.75, 3.05) is 7.11 Å². The quantitative estimate of drug-likeness (QED) is 0.769. The molecule has 7 nitrogen and oxygen atoms in total. The number of methoxy groups -OCH3 is 1. The molecule has 1 amide bonds. The summed E-state index contributed by atoms with van der Waals surface area (Å²) in [6.45, 7) is 0.0699. The van der Waals surface area contributed by atoms with E-state index < -0.39 is 5.97 Å². The zero-order valence-corrected chi connectivity index (χ0v) is 10.3. The molecule has 1 N–H and O–H groups in total. The molecule has 1 aliphatic carbocycles. The number of esters is 1. The van der Waals surface area contributed by atoms with Gasteiger partial charge in [0.05, 0.1) is 13.3 Å². The number of aromatic nitrogens is 3. The van der Waals surface area contributed by atoms with Crippen LogP contribution < -0.4 is 5.32 Å². The Morgan fingerprint density at radius 3 is 2.89 bits per heavy atom. The zero-order valence-electron chi connectivity index (χ0n) is 10.3. The van der Waals surface area contributed by atoms with Gasteiger partial charge in [0, 0.05) is 6.04 Å². The van der Waals surface area contributed by atoms with Crippen LogP contribution in [0, 0.1) is 0 Å². The third-order valence-corrected chi connectivity index (χ3v) is 2.96. The Bertz CT molecular complexity index is 437. The van der Waals surface area contributed by atoms with E-state index in [0.717, 1.165) is 12.8 Å². The van der Waals surface area contributed by atoms with Gasteiger partial charge in [0.1, 0.15) is 6.54 Å². The normalized spacial score (nSPS) is 15.6. The second kappa shape index (κ2) is 5.61. The molecular formula is C11H16N4O3. The molecule has 1 fully saturated rings. The first-order valence-electron chi connectivity index (χ1n) is 5.97. The van der Waals surface area contributed by atoms with E-state index >= 15 is 0 Å². The van der Waals surface area contributed by atoms with E-state index in [4.69, 9.17) is 0 Å². The molecule has 7 heteroatoms. The lowest BCUT2D eigenvalue weighted by atomic mass is 10.2. The topological polar surface area (TPSA) is 86.1 Å². The molecule has 1 aliphatic rings. The van der Waals surface area contributed by atoms with Gasteiger partial charge in [-0.2, -0.15) is 0 Å². The molecule has 98 valence electrons. The van der Waals surface area contributed by atoms with Crippen LogP contribution in [0.1, 0.15) is 36.2 Å². The molecule has 0 unspecified atom stereocenters. The summed E-state index contributed by atoms with van der Waals surface area (Å²) in [5, 5.41) is 10.3. The predicted octanol–water partition coefficient (Wildman–Crippen LogP) is 0.123. The van der Waals surface area contributed by atoms with Gasteiger partial charge in [-0.3, -0.25) is 4.79 Å². The number of nitrogens with zero attached hydrogens (tertiary/aromatic N) is 3. The van der Waals surface area contributed by atoms with Crippen molar-refractivity contribution < 1.29 is 14.3 Å². The average molecular weight is 252 g/mol. The van der Waals surface area contributed by atoms with E-state index in [-0.39, 0.29) is 24.2 Å². The largest absolute Gasteiger partial charge is 0.464 e. The summed E-state index contributed by atoms with van der Waals surface area (Å²) < 4.78 is 5.84. The Labute approximate surface area is 104 Å². The smallest absolute Gasteiger partial charge is 0.360 e. The van der Waals surface area contributed by atoms with Crippen molar-refractivity contribution in [1.82, 2.24) is 20.3 Å². The lowest BCUT2D eigenvalue weighted by Gasteiger charge is -2.11. The van der Waals surface area contributed by atoms with Gasteiger partial charge < -0.3 is 10.1 Å². The number of nitrogens with one attached hydrogen (secondary N) is 1. The van der Waals surface area contributed by atoms with E-state index in [1.165, 1.54) is 30.8 Å². The van der Waals surface area contributed by atoms with Crippen molar-refractivity contribution in [3.05, 3.63) is 11.9 Å². The molecule has 0 spiro atoms. The third-order valence-electron chi connectivity index (χ3n) is 2.96. The van der Waals surface area contributed by atoms with E-state index in [0.29, 0.717) is 0 Å². The molecule has 1 saturated carbocycles. The van der Waals surface area contributed by atoms with Crippen molar-refractivity contribution in [1.29, 1.82) is 0 Å². The summed E-state index contributed by atoms with van der Waals surface area (Å²) in [6.07, 6.45) is 5.81. The Balaban J connectivity index is 1.86. The van der Waals surface area contributed by atoms with Crippen LogP contribution in [0.2, 0.25) is 0 Å². The van der Waals surface area contributed by atoms with Gasteiger partial charge >= 0.3 is 5.97 Å². The highest BCUT2D eigenvalue weighted by atomic mass is 16.5. The fourth-order valence-corrected chi connectivity index (χ4v) is 2.06. The maximum absolute atomic E-state index is 11.7. The van der Waals surface area contributed by atoms with Crippen molar-refractivity contribution >= 4 is 11.9 Å². The molecule has 2 rings (SSSR count). The standard InChI is InChI=1S/C11H16N4O3/c1-18-11(17)9-6-15(14-13-9)7-10(16)12-8-4-2-3-5-8/h6,8H,2-5,7H2,1H3,(H,12,16). The summed E-state index contributed by atoms with van der Waals surface area (Å²) in [6, 6.07) is 0.279. The fourth-order valence-electron chi connectivity index (χ4n) is 2.06. The zero-order chi connectivity index (χ0) is 13.0. The first kappa shape index (κ1) is 12.5. The van der Waals surface area contributed by atoms with Crippen LogP contribution in [-0.2, 0) is 16.1 Å². The summed E-state index contributed by atoms with van der Waals surface area (Å²) >= 11 is 0. The minimum absolute atomic E-state index is 0.0699. The van der Waals surface area contributed by atoms with E-state index in [1.54, 1.807) is 0 Å². The van der Waals surface area contributed by atoms with Gasteiger partial charge in [-0.15, -0.1) is 5.10 Å². The Morgan fingerprint density at radius 1 is 1.50 bits per heavy atom. The lowest BCUT2D eigenvalue weighted by Crippen LogP contribution is -2.35. The average Bonchev–Trinajstić information content (AvgIpc) is 2.99. The summed E-state index contributed by atoms with van der Waals surface area (Å²) in [5.74, 6) is -0.666. The van der Waals surface area contributed by atoms with E-state index in [2.05, 4.69) is 20.4 Å². The molecule has 0 aromatic carbocycles. The second-order valence-electron chi connectivity index (χ2n) is 4.34. The summed E-state index contributed by atoms with van der Waals surface area (Å²) in [5.41, 5.74) is 0.103. The fraction of sp³-hybridized carbons (Fsp3) is 0.636. The highest BCUT2D eigenvalue weighted by molar-refractivity contribution is 5.86. The number of amides is 1. The number of hydrogen-bond donors (Lipinski definition) is 1. The molecular weight excluding hydrogens is 236 g/mol. The van der Waals surface area contributed by atoms with Gasteiger partial charge in [-0.25, -0.2) is 9.48 Å². The predicted molar refractivity (Wildman–Crippen MR) is 61.8 cm³/mol. The van der Waals surface area contributed by atoms with Crippen molar-refractivity contribution in [2.24, 2.45) is 0 Å². The molecule has 1 aromatic rings. The molecule has 0 bridgehead atoms. The van der Waals surface area contributed by atoms with Crippen molar-refractivity contribution in [3.63, 3.8) is 0 Å². The maximum atomic E-state index is 11.7. The number of rotatable bonds is 4. The van der Waals surface area contributed by atoms with Crippen LogP contribution in [0.15, 0.2) is 6.20 Å². The SMILES string of the molecule is COC(=O)c1cn(CC(=O)NC2CCCC2)nn1. The van der Waals surface area contributed by atoms with Gasteiger partial charge in [0.2, 0.25) is 5.91 Å². The van der Waals surface area contributed by atoms with Crippen molar-refractivity contribution in [3.8, 4) is 0 Å². The molecule has 0 radical (unpaired) electrons. The van der Waals surface area contributed by atoms with Gasteiger partial charge in [0.15, 0.2) is 5.69 Å². The van der Waals surface area contributed by atoms with Crippen molar-refractivity contribution in [2.45, 2.75) is 38.3 Å². The van der Waals surface area contributed by atoms with Crippen LogP contribution in [0.5, 0.6) is 0 Å². The number of ether oxygens (including phenoxy) is 1. The lowest BCUT2D eigenvalue weighted by molar-refractivity contribution is -0.122. The number of carbonyl (C=O) groups is 2. The molecule has 18 heavy (non-hydrogen) atoms. The molecule has 1 heterocycles. The first-order valence-corrected chi connectivity index (χ1v) is 5.97. The van der Waals surface area contributed by atoms with Gasteiger partial charge in [0.25, 0.3) is 0 Å². The van der Waals surface area contributed by atoms with Crippen LogP contribution >= 0.6 is 0 Å². The highest BCUT2D eigenvalue weighted by Crippen LogP contribution is 2.17. The number of carbonyl (C=O) groups excluding carboxylic acids is 2. The Hall–Kier alpha value is -1.92. The first-order chi connectivity index (χ1) is 8.69. The minimum Gasteiger partial charge on any atom is -0.464 e. The summed E-state index contributed by atoms with van der Waals surface area (Å²) in [4.78, 5) is 22.9. The molecule has 0 saturated heterocycles. The Morgan fingerprint density at radius 2 is 2.22 bits per heavy atom.